The van der Waals surface area contributed by atoms with E-state index in [1.54, 1.807) is 36.3 Å². The van der Waals surface area contributed by atoms with E-state index < -0.39 is 23.6 Å². The molecule has 0 aromatic heterocycles. The van der Waals surface area contributed by atoms with Crippen molar-refractivity contribution in [2.24, 2.45) is 17.6 Å². The number of likely N-dealkylation sites (tertiary alicyclic amines) is 1. The molecule has 7 nitrogen and oxygen atoms in total. The molecule has 38 heavy (non-hydrogen) atoms. The van der Waals surface area contributed by atoms with E-state index in [4.69, 9.17) is 15.2 Å². The number of amides is 1. The molecule has 208 valence electrons. The van der Waals surface area contributed by atoms with E-state index in [0.717, 1.165) is 18.4 Å². The molecule has 2 aromatic rings. The van der Waals surface area contributed by atoms with E-state index in [1.165, 1.54) is 6.07 Å². The number of nitrogens with zero attached hydrogens (tertiary/aromatic N) is 1. The van der Waals surface area contributed by atoms with Gasteiger partial charge in [-0.1, -0.05) is 29.8 Å². The molecule has 2 fully saturated rings. The number of carbonyl (C=O) groups is 1. The highest BCUT2D eigenvalue weighted by Crippen LogP contribution is 2.45. The standard InChI is InChI=1S/C30H41FN2O5/c1-20-10-12-23(13-11-20)38-28-24(8-5-9-25(28)31)30(36,14-3-4-16-37-2)22-7-6-15-33(19-22)29(35)21-17-26(32)27(34)18-21/h5,8-13,21-22,26-27,34,36H,3-4,6-7,14-19,32H2,1-2H3/t21-,22+,26+,27-,30-/m0/s1. The van der Waals surface area contributed by atoms with Crippen molar-refractivity contribution in [2.45, 2.75) is 69.6 Å². The Hall–Kier alpha value is -2.52. The number of carbonyl (C=O) groups excluding carboxylic acids is 1. The first-order valence-electron chi connectivity index (χ1n) is 13.7. The first-order valence-corrected chi connectivity index (χ1v) is 13.7. The lowest BCUT2D eigenvalue weighted by Crippen LogP contribution is -2.49. The zero-order chi connectivity index (χ0) is 27.3. The van der Waals surface area contributed by atoms with Gasteiger partial charge in [-0.05, 0) is 70.1 Å². The zero-order valence-electron chi connectivity index (χ0n) is 22.4. The monoisotopic (exact) mass is 528 g/mol. The number of benzene rings is 2. The first kappa shape index (κ1) is 28.5. The molecule has 0 unspecified atom stereocenters. The van der Waals surface area contributed by atoms with Crippen LogP contribution in [-0.2, 0) is 15.1 Å². The Bertz CT molecular complexity index is 1070. The Labute approximate surface area is 224 Å². The van der Waals surface area contributed by atoms with Gasteiger partial charge < -0.3 is 30.3 Å². The Morgan fingerprint density at radius 3 is 2.63 bits per heavy atom. The molecular formula is C30H41FN2O5. The van der Waals surface area contributed by atoms with E-state index in [2.05, 4.69) is 0 Å². The summed E-state index contributed by atoms with van der Waals surface area (Å²) in [5, 5.41) is 22.5. The molecule has 2 aromatic carbocycles. The summed E-state index contributed by atoms with van der Waals surface area (Å²) in [6.07, 6.45) is 3.36. The summed E-state index contributed by atoms with van der Waals surface area (Å²) < 4.78 is 26.6. The fraction of sp³-hybridized carbons (Fsp3) is 0.567. The normalized spacial score (nSPS) is 25.3. The molecule has 4 N–H and O–H groups in total. The highest BCUT2D eigenvalue weighted by molar-refractivity contribution is 5.79. The van der Waals surface area contributed by atoms with Gasteiger partial charge in [0.05, 0.1) is 11.7 Å². The molecule has 1 saturated heterocycles. The fourth-order valence-electron chi connectivity index (χ4n) is 5.95. The highest BCUT2D eigenvalue weighted by atomic mass is 19.1. The summed E-state index contributed by atoms with van der Waals surface area (Å²) in [7, 11) is 1.64. The van der Waals surface area contributed by atoms with Gasteiger partial charge in [-0.15, -0.1) is 0 Å². The van der Waals surface area contributed by atoms with Crippen LogP contribution < -0.4 is 10.5 Å². The zero-order valence-corrected chi connectivity index (χ0v) is 22.4. The van der Waals surface area contributed by atoms with Crippen LogP contribution in [0, 0.1) is 24.6 Å². The maximum absolute atomic E-state index is 15.3. The van der Waals surface area contributed by atoms with Crippen molar-refractivity contribution in [3.63, 3.8) is 0 Å². The molecule has 1 aliphatic heterocycles. The molecule has 1 aliphatic carbocycles. The van der Waals surface area contributed by atoms with Gasteiger partial charge in [0.2, 0.25) is 5.91 Å². The van der Waals surface area contributed by atoms with Crippen molar-refractivity contribution in [1.29, 1.82) is 0 Å². The Morgan fingerprint density at radius 1 is 1.18 bits per heavy atom. The number of hydrogen-bond acceptors (Lipinski definition) is 6. The number of methoxy groups -OCH3 is 1. The number of ether oxygens (including phenoxy) is 2. The van der Waals surface area contributed by atoms with Gasteiger partial charge >= 0.3 is 0 Å². The Morgan fingerprint density at radius 2 is 1.95 bits per heavy atom. The van der Waals surface area contributed by atoms with Crippen LogP contribution in [0.2, 0.25) is 0 Å². The van der Waals surface area contributed by atoms with Crippen LogP contribution in [0.1, 0.15) is 56.1 Å². The first-order chi connectivity index (χ1) is 18.2. The summed E-state index contributed by atoms with van der Waals surface area (Å²) in [6.45, 7) is 3.47. The molecular weight excluding hydrogens is 487 g/mol. The molecule has 0 radical (unpaired) electrons. The minimum atomic E-state index is -1.42. The number of hydrogen-bond donors (Lipinski definition) is 3. The van der Waals surface area contributed by atoms with Crippen molar-refractivity contribution in [1.82, 2.24) is 4.90 Å². The molecule has 1 heterocycles. The average Bonchev–Trinajstić information content (AvgIpc) is 3.26. The molecule has 0 spiro atoms. The van der Waals surface area contributed by atoms with Gasteiger partial charge in [0, 0.05) is 50.2 Å². The van der Waals surface area contributed by atoms with Crippen LogP contribution in [0.5, 0.6) is 11.5 Å². The van der Waals surface area contributed by atoms with Crippen LogP contribution in [0.4, 0.5) is 4.39 Å². The minimum absolute atomic E-state index is 0.0129. The van der Waals surface area contributed by atoms with Crippen molar-refractivity contribution in [3.8, 4) is 11.5 Å². The second-order valence-corrected chi connectivity index (χ2v) is 10.9. The van der Waals surface area contributed by atoms with Gasteiger partial charge in [0.1, 0.15) is 5.75 Å². The smallest absolute Gasteiger partial charge is 0.225 e. The number of nitrogens with two attached hydrogens (primary N) is 1. The van der Waals surface area contributed by atoms with E-state index in [0.29, 0.717) is 63.1 Å². The number of aliphatic hydroxyl groups is 2. The van der Waals surface area contributed by atoms with Crippen LogP contribution in [0.25, 0.3) is 0 Å². The minimum Gasteiger partial charge on any atom is -0.454 e. The van der Waals surface area contributed by atoms with E-state index in [-0.39, 0.29) is 23.5 Å². The third-order valence-electron chi connectivity index (χ3n) is 8.17. The molecule has 0 bridgehead atoms. The van der Waals surface area contributed by atoms with Gasteiger partial charge in [-0.3, -0.25) is 4.79 Å². The highest BCUT2D eigenvalue weighted by Gasteiger charge is 2.45. The van der Waals surface area contributed by atoms with Crippen molar-refractivity contribution < 1.29 is 28.9 Å². The Kier molecular flexibility index (Phi) is 9.41. The second-order valence-electron chi connectivity index (χ2n) is 10.9. The van der Waals surface area contributed by atoms with Crippen LogP contribution in [-0.4, -0.2) is 60.0 Å². The second kappa shape index (κ2) is 12.6. The van der Waals surface area contributed by atoms with Crippen molar-refractivity contribution in [3.05, 3.63) is 59.4 Å². The van der Waals surface area contributed by atoms with Gasteiger partial charge in [-0.25, -0.2) is 4.39 Å². The SMILES string of the molecule is COCCCC[C@@](O)(c1cccc(F)c1Oc1ccc(C)cc1)[C@@H]1CCCN(C(=O)[C@H]2C[C@@H](N)[C@@H](O)C2)C1. The van der Waals surface area contributed by atoms with Crippen LogP contribution in [0.3, 0.4) is 0 Å². The number of unbranched alkanes of at least 4 members (excludes halogenated alkanes) is 1. The molecule has 1 amide bonds. The molecule has 8 heteroatoms. The average molecular weight is 529 g/mol. The number of aliphatic hydroxyl groups excluding tert-OH is 1. The molecule has 1 saturated carbocycles. The summed E-state index contributed by atoms with van der Waals surface area (Å²) in [6, 6.07) is 11.6. The third kappa shape index (κ3) is 6.37. The lowest BCUT2D eigenvalue weighted by molar-refractivity contribution is -0.141. The maximum atomic E-state index is 15.3. The fourth-order valence-corrected chi connectivity index (χ4v) is 5.95. The predicted molar refractivity (Wildman–Crippen MR) is 143 cm³/mol. The number of aryl methyl sites for hydroxylation is 1. The third-order valence-corrected chi connectivity index (χ3v) is 8.17. The lowest BCUT2D eigenvalue weighted by atomic mass is 9.73. The van der Waals surface area contributed by atoms with Crippen molar-refractivity contribution >= 4 is 5.91 Å². The number of para-hydroxylation sites is 1. The van der Waals surface area contributed by atoms with Gasteiger partial charge in [0.15, 0.2) is 11.6 Å². The van der Waals surface area contributed by atoms with Crippen molar-refractivity contribution in [2.75, 3.05) is 26.8 Å². The lowest BCUT2D eigenvalue weighted by Gasteiger charge is -2.44. The van der Waals surface area contributed by atoms with Gasteiger partial charge in [-0.2, -0.15) is 0 Å². The van der Waals surface area contributed by atoms with E-state index in [9.17, 15) is 15.0 Å². The molecule has 2 aliphatic rings. The topological polar surface area (TPSA) is 105 Å². The summed E-state index contributed by atoms with van der Waals surface area (Å²) in [5.74, 6) is -0.706. The summed E-state index contributed by atoms with van der Waals surface area (Å²) >= 11 is 0. The number of rotatable bonds is 10. The predicted octanol–water partition coefficient (Wildman–Crippen LogP) is 4.27. The quantitative estimate of drug-likeness (QED) is 0.398. The van der Waals surface area contributed by atoms with Crippen LogP contribution >= 0.6 is 0 Å². The number of halogens is 1. The largest absolute Gasteiger partial charge is 0.454 e. The van der Waals surface area contributed by atoms with Crippen LogP contribution in [0.15, 0.2) is 42.5 Å². The molecule has 5 atom stereocenters. The maximum Gasteiger partial charge on any atom is 0.225 e. The van der Waals surface area contributed by atoms with E-state index >= 15 is 4.39 Å². The number of piperidine rings is 1. The van der Waals surface area contributed by atoms with Gasteiger partial charge in [0.25, 0.3) is 0 Å². The summed E-state index contributed by atoms with van der Waals surface area (Å²) in [4.78, 5) is 15.2. The summed E-state index contributed by atoms with van der Waals surface area (Å²) in [5.41, 5.74) is 6.01. The molecule has 4 rings (SSSR count). The Balaban J connectivity index is 1.63. The van der Waals surface area contributed by atoms with E-state index in [1.807, 2.05) is 19.1 Å².